The maximum absolute atomic E-state index is 12.4. The fraction of sp³-hybridized carbons (Fsp3) is 0.333. The lowest BCUT2D eigenvalue weighted by molar-refractivity contribution is 0.0696. The summed E-state index contributed by atoms with van der Waals surface area (Å²) >= 11 is 0. The minimum absolute atomic E-state index is 0.119. The zero-order valence-corrected chi connectivity index (χ0v) is 13.7. The molecule has 23 heavy (non-hydrogen) atoms. The summed E-state index contributed by atoms with van der Waals surface area (Å²) in [5.41, 5.74) is 1.56. The van der Waals surface area contributed by atoms with E-state index in [4.69, 9.17) is 9.52 Å². The smallest absolute Gasteiger partial charge is 0.335 e. The molecule has 0 spiro atoms. The van der Waals surface area contributed by atoms with Gasteiger partial charge in [0.05, 0.1) is 5.56 Å². The number of hydrogen-bond acceptors (Lipinski definition) is 3. The van der Waals surface area contributed by atoms with Crippen LogP contribution in [-0.4, -0.2) is 17.0 Å². The van der Waals surface area contributed by atoms with Crippen LogP contribution in [0.5, 0.6) is 0 Å². The molecule has 0 aliphatic rings. The van der Waals surface area contributed by atoms with Crippen molar-refractivity contribution in [1.82, 2.24) is 0 Å². The Morgan fingerprint density at radius 3 is 2.30 bits per heavy atom. The van der Waals surface area contributed by atoms with Gasteiger partial charge in [0.15, 0.2) is 5.76 Å². The maximum Gasteiger partial charge on any atom is 0.335 e. The van der Waals surface area contributed by atoms with Gasteiger partial charge in [-0.15, -0.1) is 0 Å². The van der Waals surface area contributed by atoms with Crippen LogP contribution < -0.4 is 5.32 Å². The molecule has 5 nitrogen and oxygen atoms in total. The number of benzene rings is 1. The van der Waals surface area contributed by atoms with Gasteiger partial charge in [-0.1, -0.05) is 33.8 Å². The molecule has 0 aliphatic heterocycles. The van der Waals surface area contributed by atoms with Crippen LogP contribution in [0.3, 0.4) is 0 Å². The van der Waals surface area contributed by atoms with Gasteiger partial charge in [-0.2, -0.15) is 0 Å². The normalized spacial score (nSPS) is 11.0. The van der Waals surface area contributed by atoms with Crippen LogP contribution in [0.1, 0.15) is 71.8 Å². The van der Waals surface area contributed by atoms with Gasteiger partial charge in [0.2, 0.25) is 0 Å². The summed E-state index contributed by atoms with van der Waals surface area (Å²) < 4.78 is 5.72. The predicted octanol–water partition coefficient (Wildman–Crippen LogP) is 4.48. The molecule has 1 aromatic carbocycles. The van der Waals surface area contributed by atoms with Gasteiger partial charge in [0, 0.05) is 11.6 Å². The molecule has 122 valence electrons. The molecule has 1 heterocycles. The first-order valence-electron chi connectivity index (χ1n) is 7.58. The van der Waals surface area contributed by atoms with E-state index < -0.39 is 5.97 Å². The maximum atomic E-state index is 12.4. The molecular weight excluding hydrogens is 294 g/mol. The van der Waals surface area contributed by atoms with Crippen LogP contribution in [0.2, 0.25) is 0 Å². The van der Waals surface area contributed by atoms with Crippen molar-refractivity contribution in [1.29, 1.82) is 0 Å². The van der Waals surface area contributed by atoms with Crippen molar-refractivity contribution in [2.45, 2.75) is 39.5 Å². The molecule has 0 saturated carbocycles. The second-order valence-corrected chi connectivity index (χ2v) is 6.08. The Balaban J connectivity index is 2.26. The van der Waals surface area contributed by atoms with Crippen LogP contribution >= 0.6 is 0 Å². The van der Waals surface area contributed by atoms with Crippen molar-refractivity contribution in [2.24, 2.45) is 0 Å². The lowest BCUT2D eigenvalue weighted by Crippen LogP contribution is -2.11. The summed E-state index contributed by atoms with van der Waals surface area (Å²) in [7, 11) is 0. The number of carbonyl (C=O) groups is 2. The second kappa shape index (κ2) is 6.69. The molecule has 0 radical (unpaired) electrons. The summed E-state index contributed by atoms with van der Waals surface area (Å²) in [4.78, 5) is 23.3. The van der Waals surface area contributed by atoms with Crippen molar-refractivity contribution in [3.05, 3.63) is 53.0 Å². The molecule has 2 N–H and O–H groups in total. The molecular formula is C18H21NO4. The first-order valence-corrected chi connectivity index (χ1v) is 7.58. The van der Waals surface area contributed by atoms with Crippen LogP contribution in [0, 0.1) is 0 Å². The van der Waals surface area contributed by atoms with Gasteiger partial charge in [0.1, 0.15) is 5.76 Å². The minimum Gasteiger partial charge on any atom is -0.478 e. The van der Waals surface area contributed by atoms with Crippen LogP contribution in [-0.2, 0) is 0 Å². The molecule has 0 unspecified atom stereocenters. The quantitative estimate of drug-likeness (QED) is 0.852. The number of amides is 1. The molecule has 0 bridgehead atoms. The van der Waals surface area contributed by atoms with Gasteiger partial charge in [-0.25, -0.2) is 4.79 Å². The lowest BCUT2D eigenvalue weighted by Gasteiger charge is -2.07. The third kappa shape index (κ3) is 3.80. The number of aromatic carboxylic acids is 1. The summed E-state index contributed by atoms with van der Waals surface area (Å²) in [5, 5.41) is 11.7. The third-order valence-electron chi connectivity index (χ3n) is 3.53. The predicted molar refractivity (Wildman–Crippen MR) is 88.2 cm³/mol. The highest BCUT2D eigenvalue weighted by molar-refractivity contribution is 6.03. The molecule has 1 aromatic heterocycles. The Morgan fingerprint density at radius 2 is 1.78 bits per heavy atom. The molecule has 0 fully saturated rings. The highest BCUT2D eigenvalue weighted by atomic mass is 16.4. The Hall–Kier alpha value is -2.56. The first-order chi connectivity index (χ1) is 10.8. The van der Waals surface area contributed by atoms with Gasteiger partial charge >= 0.3 is 5.97 Å². The van der Waals surface area contributed by atoms with Gasteiger partial charge in [-0.3, -0.25) is 4.79 Å². The average molecular weight is 315 g/mol. The highest BCUT2D eigenvalue weighted by Crippen LogP contribution is 2.29. The van der Waals surface area contributed by atoms with E-state index >= 15 is 0 Å². The fourth-order valence-electron chi connectivity index (χ4n) is 2.36. The highest BCUT2D eigenvalue weighted by Gasteiger charge is 2.20. The van der Waals surface area contributed by atoms with Crippen molar-refractivity contribution in [2.75, 3.05) is 5.32 Å². The fourth-order valence-corrected chi connectivity index (χ4v) is 2.36. The number of anilines is 1. The summed E-state index contributed by atoms with van der Waals surface area (Å²) in [6.45, 7) is 8.13. The Bertz CT molecular complexity index is 703. The van der Waals surface area contributed by atoms with Crippen molar-refractivity contribution in [3.63, 3.8) is 0 Å². The van der Waals surface area contributed by atoms with E-state index in [-0.39, 0.29) is 29.1 Å². The van der Waals surface area contributed by atoms with Crippen LogP contribution in [0.25, 0.3) is 0 Å². The van der Waals surface area contributed by atoms with Gasteiger partial charge in [0.25, 0.3) is 5.91 Å². The number of furan rings is 1. The van der Waals surface area contributed by atoms with E-state index in [0.717, 1.165) is 11.3 Å². The average Bonchev–Trinajstić information content (AvgIpc) is 2.93. The summed E-state index contributed by atoms with van der Waals surface area (Å²) in [6.07, 6.45) is 0. The van der Waals surface area contributed by atoms with E-state index in [9.17, 15) is 9.59 Å². The van der Waals surface area contributed by atoms with Crippen LogP contribution in [0.15, 0.2) is 34.7 Å². The number of rotatable bonds is 5. The zero-order valence-electron chi connectivity index (χ0n) is 13.7. The van der Waals surface area contributed by atoms with E-state index in [1.807, 2.05) is 13.8 Å². The molecule has 0 atom stereocenters. The van der Waals surface area contributed by atoms with E-state index in [1.54, 1.807) is 18.2 Å². The number of carbonyl (C=O) groups excluding carboxylic acids is 1. The Kier molecular flexibility index (Phi) is 4.89. The molecule has 0 aliphatic carbocycles. The van der Waals surface area contributed by atoms with Crippen molar-refractivity contribution in [3.8, 4) is 0 Å². The number of carboxylic acid groups (broad SMARTS) is 1. The molecule has 5 heteroatoms. The molecule has 2 rings (SSSR count). The monoisotopic (exact) mass is 315 g/mol. The van der Waals surface area contributed by atoms with Crippen molar-refractivity contribution >= 4 is 17.6 Å². The van der Waals surface area contributed by atoms with Gasteiger partial charge < -0.3 is 14.8 Å². The SMILES string of the molecule is CC(C)c1cc(C(=O)Nc2cccc(C(=O)O)c2)oc1C(C)C. The van der Waals surface area contributed by atoms with E-state index in [1.165, 1.54) is 12.1 Å². The molecule has 1 amide bonds. The molecule has 0 saturated heterocycles. The van der Waals surface area contributed by atoms with Crippen LogP contribution in [0.4, 0.5) is 5.69 Å². The molecule has 2 aromatic rings. The largest absolute Gasteiger partial charge is 0.478 e. The topological polar surface area (TPSA) is 79.5 Å². The van der Waals surface area contributed by atoms with Gasteiger partial charge in [-0.05, 0) is 35.7 Å². The number of hydrogen-bond donors (Lipinski definition) is 2. The number of nitrogens with one attached hydrogen (secondary N) is 1. The van der Waals surface area contributed by atoms with E-state index in [0.29, 0.717) is 5.69 Å². The number of carboxylic acids is 1. The van der Waals surface area contributed by atoms with Crippen molar-refractivity contribution < 1.29 is 19.1 Å². The summed E-state index contributed by atoms with van der Waals surface area (Å²) in [5.74, 6) is 0.0597. The standard InChI is InChI=1S/C18H21NO4/c1-10(2)14-9-15(23-16(14)11(3)4)17(20)19-13-7-5-6-12(8-13)18(21)22/h5-11H,1-4H3,(H,19,20)(H,21,22). The zero-order chi connectivity index (χ0) is 17.1. The Labute approximate surface area is 135 Å². The van der Waals surface area contributed by atoms with E-state index in [2.05, 4.69) is 19.2 Å². The summed E-state index contributed by atoms with van der Waals surface area (Å²) in [6, 6.07) is 7.87. The lowest BCUT2D eigenvalue weighted by atomic mass is 9.98. The minimum atomic E-state index is -1.04. The first kappa shape index (κ1) is 16.8. The Morgan fingerprint density at radius 1 is 1.09 bits per heavy atom. The third-order valence-corrected chi connectivity index (χ3v) is 3.53. The second-order valence-electron chi connectivity index (χ2n) is 6.08.